The molecule has 2 aliphatic rings. The smallest absolute Gasteiger partial charge is 0.261 e. The first-order valence-corrected chi connectivity index (χ1v) is 11.5. The Morgan fingerprint density at radius 1 is 1.03 bits per heavy atom. The molecule has 168 valence electrons. The largest absolute Gasteiger partial charge is 0.467 e. The Kier molecular flexibility index (Phi) is 5.55. The lowest BCUT2D eigenvalue weighted by Gasteiger charge is -2.14. The average molecular weight is 464 g/mol. The fourth-order valence-corrected chi connectivity index (χ4v) is 5.55. The molecule has 1 aliphatic heterocycles. The first-order chi connectivity index (χ1) is 16.0. The molecule has 2 N–H and O–H groups in total. The molecule has 9 heteroatoms. The van der Waals surface area contributed by atoms with Gasteiger partial charge in [0.1, 0.15) is 10.8 Å². The third-order valence-corrected chi connectivity index (χ3v) is 7.05. The molecule has 0 fully saturated rings. The van der Waals surface area contributed by atoms with Crippen molar-refractivity contribution < 1.29 is 23.6 Å². The standard InChI is InChI=1S/C24H21N3O5S/c28-19(10-11-27-23(30)15-6-1-2-7-16(15)24(27)31)26-22-20(17-8-3-9-18(17)33-22)21(29)25-13-14-5-4-12-32-14/h1-2,4-7,12H,3,8-11,13H2,(H,25,29)(H,26,28). The van der Waals surface area contributed by atoms with Gasteiger partial charge in [0, 0.05) is 17.8 Å². The third kappa shape index (κ3) is 3.95. The van der Waals surface area contributed by atoms with Crippen LogP contribution in [0.2, 0.25) is 0 Å². The molecule has 5 rings (SSSR count). The van der Waals surface area contributed by atoms with Crippen molar-refractivity contribution in [2.45, 2.75) is 32.2 Å². The van der Waals surface area contributed by atoms with Crippen LogP contribution in [-0.2, 0) is 24.2 Å². The van der Waals surface area contributed by atoms with Crippen molar-refractivity contribution in [3.63, 3.8) is 0 Å². The number of nitrogens with one attached hydrogen (secondary N) is 2. The number of hydrogen-bond donors (Lipinski definition) is 2. The molecule has 0 saturated heterocycles. The number of hydrogen-bond acceptors (Lipinski definition) is 6. The number of carbonyl (C=O) groups excluding carboxylic acids is 4. The normalized spacial score (nSPS) is 14.4. The number of fused-ring (bicyclic) bond motifs is 2. The molecule has 1 aromatic carbocycles. The number of imide groups is 1. The van der Waals surface area contributed by atoms with Crippen LogP contribution in [0.15, 0.2) is 47.1 Å². The topological polar surface area (TPSA) is 109 Å². The highest BCUT2D eigenvalue weighted by molar-refractivity contribution is 7.17. The summed E-state index contributed by atoms with van der Waals surface area (Å²) in [5.74, 6) is -0.761. The zero-order valence-corrected chi connectivity index (χ0v) is 18.5. The van der Waals surface area contributed by atoms with Gasteiger partial charge in [0.15, 0.2) is 0 Å². The molecule has 3 aromatic rings. The molecule has 3 heterocycles. The number of aryl methyl sites for hydroxylation is 1. The van der Waals surface area contributed by atoms with Crippen LogP contribution in [0.5, 0.6) is 0 Å². The van der Waals surface area contributed by atoms with Gasteiger partial charge in [-0.15, -0.1) is 11.3 Å². The van der Waals surface area contributed by atoms with Crippen LogP contribution < -0.4 is 10.6 Å². The fraction of sp³-hybridized carbons (Fsp3) is 0.250. The molecule has 0 saturated carbocycles. The summed E-state index contributed by atoms with van der Waals surface area (Å²) in [4.78, 5) is 52.8. The number of nitrogens with zero attached hydrogens (tertiary/aromatic N) is 1. The minimum Gasteiger partial charge on any atom is -0.467 e. The second-order valence-electron chi connectivity index (χ2n) is 7.93. The number of thiophene rings is 1. The summed E-state index contributed by atoms with van der Waals surface area (Å²) < 4.78 is 5.27. The third-order valence-electron chi connectivity index (χ3n) is 5.85. The van der Waals surface area contributed by atoms with Crippen LogP contribution in [0, 0.1) is 0 Å². The molecule has 1 aliphatic carbocycles. The molecule has 2 aromatic heterocycles. The van der Waals surface area contributed by atoms with E-state index < -0.39 is 11.8 Å². The number of rotatable bonds is 7. The summed E-state index contributed by atoms with van der Waals surface area (Å²) in [5.41, 5.74) is 2.18. The van der Waals surface area contributed by atoms with Crippen molar-refractivity contribution in [1.29, 1.82) is 0 Å². The maximum absolute atomic E-state index is 12.9. The van der Waals surface area contributed by atoms with E-state index in [2.05, 4.69) is 10.6 Å². The van der Waals surface area contributed by atoms with Crippen molar-refractivity contribution in [1.82, 2.24) is 10.2 Å². The number of amides is 4. The summed E-state index contributed by atoms with van der Waals surface area (Å²) in [6.07, 6.45) is 4.14. The van der Waals surface area contributed by atoms with E-state index in [9.17, 15) is 19.2 Å². The van der Waals surface area contributed by atoms with E-state index in [0.29, 0.717) is 27.5 Å². The molecule has 4 amide bonds. The fourth-order valence-electron chi connectivity index (χ4n) is 4.25. The van der Waals surface area contributed by atoms with Gasteiger partial charge in [-0.2, -0.15) is 0 Å². The van der Waals surface area contributed by atoms with Gasteiger partial charge in [0.2, 0.25) is 5.91 Å². The Hall–Kier alpha value is -3.72. The van der Waals surface area contributed by atoms with Crippen molar-refractivity contribution in [2.75, 3.05) is 11.9 Å². The van der Waals surface area contributed by atoms with Gasteiger partial charge >= 0.3 is 0 Å². The van der Waals surface area contributed by atoms with Crippen LogP contribution in [0.1, 0.15) is 60.1 Å². The van der Waals surface area contributed by atoms with Crippen LogP contribution in [0.25, 0.3) is 0 Å². The van der Waals surface area contributed by atoms with Gasteiger partial charge in [-0.1, -0.05) is 12.1 Å². The second-order valence-corrected chi connectivity index (χ2v) is 9.03. The first-order valence-electron chi connectivity index (χ1n) is 10.7. The first kappa shape index (κ1) is 21.1. The Morgan fingerprint density at radius 2 is 1.79 bits per heavy atom. The second kappa shape index (κ2) is 8.67. The Labute approximate surface area is 193 Å². The van der Waals surface area contributed by atoms with E-state index >= 15 is 0 Å². The van der Waals surface area contributed by atoms with E-state index in [1.807, 2.05) is 0 Å². The number of benzene rings is 1. The van der Waals surface area contributed by atoms with Crippen LogP contribution in [0.3, 0.4) is 0 Å². The lowest BCUT2D eigenvalue weighted by Crippen LogP contribution is -2.33. The predicted octanol–water partition coefficient (Wildman–Crippen LogP) is 3.38. The molecule has 8 nitrogen and oxygen atoms in total. The van der Waals surface area contributed by atoms with Crippen LogP contribution >= 0.6 is 11.3 Å². The SMILES string of the molecule is O=C(CCN1C(=O)c2ccccc2C1=O)Nc1sc2c(c1C(=O)NCc1ccco1)CCC2. The minimum atomic E-state index is -0.392. The monoisotopic (exact) mass is 463 g/mol. The van der Waals surface area contributed by atoms with Crippen LogP contribution in [0.4, 0.5) is 5.00 Å². The van der Waals surface area contributed by atoms with Gasteiger partial charge in [-0.25, -0.2) is 0 Å². The molecule has 33 heavy (non-hydrogen) atoms. The van der Waals surface area contributed by atoms with E-state index in [1.54, 1.807) is 42.7 Å². The molecule has 0 atom stereocenters. The van der Waals surface area contributed by atoms with E-state index in [4.69, 9.17) is 4.42 Å². The number of furan rings is 1. The highest BCUT2D eigenvalue weighted by atomic mass is 32.1. The molecule has 0 spiro atoms. The Morgan fingerprint density at radius 3 is 2.48 bits per heavy atom. The zero-order chi connectivity index (χ0) is 22.9. The lowest BCUT2D eigenvalue weighted by atomic mass is 10.1. The Balaban J connectivity index is 1.26. The molecule has 0 bridgehead atoms. The molecule has 0 radical (unpaired) electrons. The number of carbonyl (C=O) groups is 4. The zero-order valence-electron chi connectivity index (χ0n) is 17.7. The van der Waals surface area contributed by atoms with Crippen molar-refractivity contribution >= 4 is 40.0 Å². The van der Waals surface area contributed by atoms with Crippen molar-refractivity contribution in [3.05, 3.63) is 75.6 Å². The summed E-state index contributed by atoms with van der Waals surface area (Å²) in [6, 6.07) is 10.2. The van der Waals surface area contributed by atoms with Crippen molar-refractivity contribution in [3.8, 4) is 0 Å². The van der Waals surface area contributed by atoms with Gasteiger partial charge in [0.25, 0.3) is 17.7 Å². The molecular weight excluding hydrogens is 442 g/mol. The lowest BCUT2D eigenvalue weighted by molar-refractivity contribution is -0.116. The average Bonchev–Trinajstić information content (AvgIpc) is 3.58. The molecule has 0 unspecified atom stereocenters. The quantitative estimate of drug-likeness (QED) is 0.522. The number of anilines is 1. The van der Waals surface area contributed by atoms with E-state index in [1.165, 1.54) is 11.3 Å². The summed E-state index contributed by atoms with van der Waals surface area (Å²) in [6.45, 7) is 0.229. The highest BCUT2D eigenvalue weighted by Gasteiger charge is 2.35. The Bertz CT molecular complexity index is 1230. The van der Waals surface area contributed by atoms with Gasteiger partial charge in [-0.05, 0) is 49.1 Å². The minimum absolute atomic E-state index is 0.0245. The summed E-state index contributed by atoms with van der Waals surface area (Å²) in [7, 11) is 0. The van der Waals surface area contributed by atoms with Crippen LogP contribution in [-0.4, -0.2) is 35.1 Å². The molecular formula is C24H21N3O5S. The predicted molar refractivity (Wildman–Crippen MR) is 121 cm³/mol. The summed E-state index contributed by atoms with van der Waals surface area (Å²) >= 11 is 1.41. The van der Waals surface area contributed by atoms with Crippen molar-refractivity contribution in [2.24, 2.45) is 0 Å². The van der Waals surface area contributed by atoms with E-state index in [0.717, 1.165) is 34.6 Å². The summed E-state index contributed by atoms with van der Waals surface area (Å²) in [5, 5.41) is 6.19. The maximum Gasteiger partial charge on any atom is 0.261 e. The van der Waals surface area contributed by atoms with Gasteiger partial charge in [-0.3, -0.25) is 24.1 Å². The van der Waals surface area contributed by atoms with E-state index in [-0.39, 0.29) is 31.3 Å². The highest BCUT2D eigenvalue weighted by Crippen LogP contribution is 2.39. The van der Waals surface area contributed by atoms with Gasteiger partial charge < -0.3 is 15.1 Å². The maximum atomic E-state index is 12.9. The van der Waals surface area contributed by atoms with Gasteiger partial charge in [0.05, 0.1) is 29.5 Å².